The second kappa shape index (κ2) is 7.26. The van der Waals surface area contributed by atoms with Crippen molar-refractivity contribution in [2.45, 2.75) is 12.8 Å². The number of rotatable bonds is 6. The molecule has 114 valence electrons. The second-order valence-corrected chi connectivity index (χ2v) is 4.78. The van der Waals surface area contributed by atoms with Gasteiger partial charge in [0.25, 0.3) is 5.91 Å². The van der Waals surface area contributed by atoms with Crippen LogP contribution in [0.2, 0.25) is 0 Å². The molecule has 0 bridgehead atoms. The highest BCUT2D eigenvalue weighted by Gasteiger charge is 2.07. The van der Waals surface area contributed by atoms with Gasteiger partial charge in [-0.25, -0.2) is 0 Å². The number of amides is 1. The minimum atomic E-state index is -0.824. The van der Waals surface area contributed by atoms with E-state index in [4.69, 9.17) is 9.84 Å². The monoisotopic (exact) mass is 299 g/mol. The van der Waals surface area contributed by atoms with Crippen molar-refractivity contribution >= 4 is 17.6 Å². The maximum atomic E-state index is 12.1. The standard InChI is InChI=1S/C17H17NO4/c1-22-15-4-2-3-13(11-15)17(21)18-14-8-5-12(6-9-14)7-10-16(19)20/h2-6,8-9,11H,7,10H2,1H3,(H,18,21)(H,19,20). The zero-order valence-corrected chi connectivity index (χ0v) is 12.2. The number of nitrogens with one attached hydrogen (secondary N) is 1. The van der Waals surface area contributed by atoms with Gasteiger partial charge >= 0.3 is 5.97 Å². The quantitative estimate of drug-likeness (QED) is 0.860. The van der Waals surface area contributed by atoms with Crippen LogP contribution in [0.3, 0.4) is 0 Å². The topological polar surface area (TPSA) is 75.6 Å². The molecular formula is C17H17NO4. The lowest BCUT2D eigenvalue weighted by Gasteiger charge is -2.07. The summed E-state index contributed by atoms with van der Waals surface area (Å²) in [4.78, 5) is 22.7. The van der Waals surface area contributed by atoms with Crippen LogP contribution in [-0.2, 0) is 11.2 Å². The minimum Gasteiger partial charge on any atom is -0.497 e. The number of aliphatic carboxylic acids is 1. The average molecular weight is 299 g/mol. The Morgan fingerprint density at radius 2 is 1.86 bits per heavy atom. The number of benzene rings is 2. The van der Waals surface area contributed by atoms with Gasteiger partial charge in [-0.15, -0.1) is 0 Å². The highest BCUT2D eigenvalue weighted by atomic mass is 16.5. The van der Waals surface area contributed by atoms with E-state index in [0.29, 0.717) is 23.4 Å². The fourth-order valence-corrected chi connectivity index (χ4v) is 1.97. The lowest BCUT2D eigenvalue weighted by atomic mass is 10.1. The first-order valence-corrected chi connectivity index (χ1v) is 6.84. The predicted octanol–water partition coefficient (Wildman–Crippen LogP) is 2.96. The number of carboxylic acids is 1. The molecule has 0 atom stereocenters. The number of ether oxygens (including phenoxy) is 1. The van der Waals surface area contributed by atoms with Gasteiger partial charge in [-0.3, -0.25) is 9.59 Å². The van der Waals surface area contributed by atoms with Crippen LogP contribution in [0.1, 0.15) is 22.3 Å². The Hall–Kier alpha value is -2.82. The van der Waals surface area contributed by atoms with E-state index in [1.165, 1.54) is 0 Å². The molecular weight excluding hydrogens is 282 g/mol. The molecule has 0 aliphatic carbocycles. The van der Waals surface area contributed by atoms with Crippen molar-refractivity contribution in [2.75, 3.05) is 12.4 Å². The molecule has 0 aliphatic rings. The molecule has 0 saturated carbocycles. The van der Waals surface area contributed by atoms with Gasteiger partial charge in [0, 0.05) is 17.7 Å². The fourth-order valence-electron chi connectivity index (χ4n) is 1.97. The summed E-state index contributed by atoms with van der Waals surface area (Å²) in [6, 6.07) is 14.0. The molecule has 2 N–H and O–H groups in total. The number of hydrogen-bond donors (Lipinski definition) is 2. The van der Waals surface area contributed by atoms with Crippen molar-refractivity contribution in [2.24, 2.45) is 0 Å². The first-order valence-electron chi connectivity index (χ1n) is 6.84. The molecule has 0 fully saturated rings. The molecule has 0 unspecified atom stereocenters. The van der Waals surface area contributed by atoms with Crippen LogP contribution in [0.25, 0.3) is 0 Å². The molecule has 0 heterocycles. The first-order chi connectivity index (χ1) is 10.6. The molecule has 0 saturated heterocycles. The third kappa shape index (κ3) is 4.34. The Morgan fingerprint density at radius 1 is 1.14 bits per heavy atom. The lowest BCUT2D eigenvalue weighted by Crippen LogP contribution is -2.11. The number of carbonyl (C=O) groups excluding carboxylic acids is 1. The molecule has 0 radical (unpaired) electrons. The number of anilines is 1. The normalized spacial score (nSPS) is 10.0. The molecule has 0 spiro atoms. The average Bonchev–Trinajstić information content (AvgIpc) is 2.54. The zero-order valence-electron chi connectivity index (χ0n) is 12.2. The lowest BCUT2D eigenvalue weighted by molar-refractivity contribution is -0.136. The summed E-state index contributed by atoms with van der Waals surface area (Å²) in [6.45, 7) is 0. The van der Waals surface area contributed by atoms with Crippen molar-refractivity contribution in [3.8, 4) is 5.75 Å². The largest absolute Gasteiger partial charge is 0.497 e. The van der Waals surface area contributed by atoms with E-state index in [2.05, 4.69) is 5.32 Å². The maximum Gasteiger partial charge on any atom is 0.303 e. The minimum absolute atomic E-state index is 0.0928. The van der Waals surface area contributed by atoms with Crippen LogP contribution in [0.4, 0.5) is 5.69 Å². The van der Waals surface area contributed by atoms with Gasteiger partial charge in [0.2, 0.25) is 0 Å². The summed E-state index contributed by atoms with van der Waals surface area (Å²) in [6.07, 6.45) is 0.564. The van der Waals surface area contributed by atoms with Crippen molar-refractivity contribution in [3.63, 3.8) is 0 Å². The summed E-state index contributed by atoms with van der Waals surface area (Å²) in [5.41, 5.74) is 2.09. The smallest absolute Gasteiger partial charge is 0.303 e. The Kier molecular flexibility index (Phi) is 5.14. The van der Waals surface area contributed by atoms with Gasteiger partial charge in [-0.2, -0.15) is 0 Å². The third-order valence-corrected chi connectivity index (χ3v) is 3.17. The van der Waals surface area contributed by atoms with E-state index in [1.807, 2.05) is 12.1 Å². The Morgan fingerprint density at radius 3 is 2.50 bits per heavy atom. The van der Waals surface area contributed by atoms with E-state index in [1.54, 1.807) is 43.5 Å². The van der Waals surface area contributed by atoms with Crippen molar-refractivity contribution in [1.29, 1.82) is 0 Å². The van der Waals surface area contributed by atoms with Crippen molar-refractivity contribution in [1.82, 2.24) is 0 Å². The fraction of sp³-hybridized carbons (Fsp3) is 0.176. The van der Waals surface area contributed by atoms with Crippen molar-refractivity contribution < 1.29 is 19.4 Å². The van der Waals surface area contributed by atoms with E-state index < -0.39 is 5.97 Å². The summed E-state index contributed by atoms with van der Waals surface area (Å²) < 4.78 is 5.09. The Labute approximate surface area is 128 Å². The van der Waals surface area contributed by atoms with E-state index in [9.17, 15) is 9.59 Å². The molecule has 2 rings (SSSR count). The summed E-state index contributed by atoms with van der Waals surface area (Å²) in [5, 5.41) is 11.4. The molecule has 2 aromatic rings. The molecule has 2 aromatic carbocycles. The Balaban J connectivity index is 2.00. The van der Waals surface area contributed by atoms with Crippen LogP contribution in [0, 0.1) is 0 Å². The summed E-state index contributed by atoms with van der Waals surface area (Å²) in [7, 11) is 1.55. The maximum absolute atomic E-state index is 12.1. The number of hydrogen-bond acceptors (Lipinski definition) is 3. The highest BCUT2D eigenvalue weighted by Crippen LogP contribution is 2.16. The number of methoxy groups -OCH3 is 1. The molecule has 0 aliphatic heterocycles. The predicted molar refractivity (Wildman–Crippen MR) is 83.3 cm³/mol. The molecule has 5 heteroatoms. The molecule has 22 heavy (non-hydrogen) atoms. The van der Waals surface area contributed by atoms with E-state index in [-0.39, 0.29) is 12.3 Å². The number of aryl methyl sites for hydroxylation is 1. The molecule has 1 amide bonds. The molecule has 0 aromatic heterocycles. The van der Waals surface area contributed by atoms with Gasteiger partial charge in [0.15, 0.2) is 0 Å². The summed E-state index contributed by atoms with van der Waals surface area (Å²) >= 11 is 0. The van der Waals surface area contributed by atoms with Crippen LogP contribution >= 0.6 is 0 Å². The first kappa shape index (κ1) is 15.6. The number of carboxylic acid groups (broad SMARTS) is 1. The van der Waals surface area contributed by atoms with Gasteiger partial charge < -0.3 is 15.2 Å². The second-order valence-electron chi connectivity index (χ2n) is 4.78. The summed E-state index contributed by atoms with van der Waals surface area (Å²) in [5.74, 6) is -0.427. The van der Waals surface area contributed by atoms with E-state index >= 15 is 0 Å². The third-order valence-electron chi connectivity index (χ3n) is 3.17. The van der Waals surface area contributed by atoms with Gasteiger partial charge in [-0.1, -0.05) is 18.2 Å². The van der Waals surface area contributed by atoms with Gasteiger partial charge in [-0.05, 0) is 42.3 Å². The van der Waals surface area contributed by atoms with Crippen LogP contribution in [-0.4, -0.2) is 24.1 Å². The number of carbonyl (C=O) groups is 2. The van der Waals surface area contributed by atoms with Crippen LogP contribution in [0.5, 0.6) is 5.75 Å². The van der Waals surface area contributed by atoms with E-state index in [0.717, 1.165) is 5.56 Å². The SMILES string of the molecule is COc1cccc(C(=O)Nc2ccc(CCC(=O)O)cc2)c1. The van der Waals surface area contributed by atoms with Gasteiger partial charge in [0.1, 0.15) is 5.75 Å². The van der Waals surface area contributed by atoms with Crippen LogP contribution in [0.15, 0.2) is 48.5 Å². The van der Waals surface area contributed by atoms with Crippen LogP contribution < -0.4 is 10.1 Å². The Bertz CT molecular complexity index is 665. The zero-order chi connectivity index (χ0) is 15.9. The van der Waals surface area contributed by atoms with Crippen molar-refractivity contribution in [3.05, 3.63) is 59.7 Å². The van der Waals surface area contributed by atoms with Gasteiger partial charge in [0.05, 0.1) is 7.11 Å². The molecule has 5 nitrogen and oxygen atoms in total. The highest BCUT2D eigenvalue weighted by molar-refractivity contribution is 6.04.